The molecule has 1 N–H and O–H groups in total. The molecule has 0 saturated heterocycles. The average Bonchev–Trinajstić information content (AvgIpc) is 2.93. The van der Waals surface area contributed by atoms with Gasteiger partial charge in [0.25, 0.3) is 0 Å². The van der Waals surface area contributed by atoms with Gasteiger partial charge < -0.3 is 5.32 Å². The minimum absolute atomic E-state index is 0.0720. The van der Waals surface area contributed by atoms with Crippen molar-refractivity contribution in [2.24, 2.45) is 0 Å². The number of ketones is 1. The highest BCUT2D eigenvalue weighted by molar-refractivity contribution is 7.22. The topological polar surface area (TPSA) is 42.0 Å². The van der Waals surface area contributed by atoms with Crippen molar-refractivity contribution in [3.8, 4) is 0 Å². The molecule has 1 aromatic heterocycles. The quantitative estimate of drug-likeness (QED) is 0.733. The Morgan fingerprint density at radius 1 is 1.14 bits per heavy atom. The molecular weight excluding hydrogens is 280 g/mol. The average molecular weight is 296 g/mol. The van der Waals surface area contributed by atoms with E-state index in [0.717, 1.165) is 20.9 Å². The van der Waals surface area contributed by atoms with E-state index in [-0.39, 0.29) is 12.3 Å². The summed E-state index contributed by atoms with van der Waals surface area (Å²) < 4.78 is 1.15. The van der Waals surface area contributed by atoms with Crippen LogP contribution in [0.15, 0.2) is 42.5 Å². The summed E-state index contributed by atoms with van der Waals surface area (Å²) in [5.41, 5.74) is 4.18. The molecule has 0 atom stereocenters. The van der Waals surface area contributed by atoms with Gasteiger partial charge in [-0.05, 0) is 31.0 Å². The number of anilines is 1. The molecule has 0 fully saturated rings. The summed E-state index contributed by atoms with van der Waals surface area (Å²) in [7, 11) is 0. The van der Waals surface area contributed by atoms with E-state index in [1.165, 1.54) is 11.1 Å². The molecule has 0 unspecified atom stereocenters. The first-order valence-electron chi connectivity index (χ1n) is 6.84. The van der Waals surface area contributed by atoms with Gasteiger partial charge in [-0.1, -0.05) is 47.7 Å². The number of nitrogens with one attached hydrogen (secondary N) is 1. The van der Waals surface area contributed by atoms with E-state index < -0.39 is 0 Å². The number of carbonyl (C=O) groups excluding carboxylic acids is 1. The molecule has 0 spiro atoms. The summed E-state index contributed by atoms with van der Waals surface area (Å²) in [5, 5.41) is 3.93. The SMILES string of the molecule is Cc1ccc2sc(NCC(=O)c3ccccc3)nc2c1C. The number of benzene rings is 2. The monoisotopic (exact) mass is 296 g/mol. The number of hydrogen-bond donors (Lipinski definition) is 1. The largest absolute Gasteiger partial charge is 0.354 e. The van der Waals surface area contributed by atoms with Crippen LogP contribution in [-0.4, -0.2) is 17.3 Å². The van der Waals surface area contributed by atoms with Crippen molar-refractivity contribution < 1.29 is 4.79 Å². The van der Waals surface area contributed by atoms with Crippen LogP contribution in [0.4, 0.5) is 5.13 Å². The number of hydrogen-bond acceptors (Lipinski definition) is 4. The minimum atomic E-state index is 0.0720. The van der Waals surface area contributed by atoms with Gasteiger partial charge in [-0.25, -0.2) is 4.98 Å². The number of aromatic nitrogens is 1. The third kappa shape index (κ3) is 2.81. The second-order valence-corrected chi connectivity index (χ2v) is 6.05. The maximum Gasteiger partial charge on any atom is 0.184 e. The van der Waals surface area contributed by atoms with E-state index in [1.54, 1.807) is 11.3 Å². The summed E-state index contributed by atoms with van der Waals surface area (Å²) in [6.45, 7) is 4.43. The fourth-order valence-corrected chi connectivity index (χ4v) is 3.10. The van der Waals surface area contributed by atoms with Crippen molar-refractivity contribution in [1.29, 1.82) is 0 Å². The van der Waals surface area contributed by atoms with Crippen molar-refractivity contribution in [3.63, 3.8) is 0 Å². The molecule has 0 aliphatic heterocycles. The first-order valence-corrected chi connectivity index (χ1v) is 7.65. The van der Waals surface area contributed by atoms with Gasteiger partial charge in [-0.15, -0.1) is 0 Å². The zero-order chi connectivity index (χ0) is 14.8. The molecule has 106 valence electrons. The predicted molar refractivity (Wildman–Crippen MR) is 88.4 cm³/mol. The smallest absolute Gasteiger partial charge is 0.184 e. The van der Waals surface area contributed by atoms with Crippen LogP contribution in [-0.2, 0) is 0 Å². The summed E-state index contributed by atoms with van der Waals surface area (Å²) in [4.78, 5) is 16.7. The highest BCUT2D eigenvalue weighted by atomic mass is 32.1. The van der Waals surface area contributed by atoms with Crippen LogP contribution in [0.25, 0.3) is 10.2 Å². The Balaban J connectivity index is 1.77. The minimum Gasteiger partial charge on any atom is -0.354 e. The molecule has 0 aliphatic rings. The van der Waals surface area contributed by atoms with E-state index in [1.807, 2.05) is 30.3 Å². The van der Waals surface area contributed by atoms with Crippen LogP contribution >= 0.6 is 11.3 Å². The van der Waals surface area contributed by atoms with Gasteiger partial charge >= 0.3 is 0 Å². The van der Waals surface area contributed by atoms with Gasteiger partial charge in [-0.3, -0.25) is 4.79 Å². The van der Waals surface area contributed by atoms with Gasteiger partial charge in [0.1, 0.15) is 0 Å². The first kappa shape index (κ1) is 13.8. The zero-order valence-electron chi connectivity index (χ0n) is 12.0. The molecule has 0 saturated carbocycles. The molecular formula is C17H16N2OS. The Kier molecular flexibility index (Phi) is 3.71. The van der Waals surface area contributed by atoms with Crippen LogP contribution in [0.2, 0.25) is 0 Å². The molecule has 3 rings (SSSR count). The van der Waals surface area contributed by atoms with E-state index in [4.69, 9.17) is 0 Å². The molecule has 0 aliphatic carbocycles. The van der Waals surface area contributed by atoms with Gasteiger partial charge in [-0.2, -0.15) is 0 Å². The number of aryl methyl sites for hydroxylation is 2. The van der Waals surface area contributed by atoms with E-state index >= 15 is 0 Å². The Labute approximate surface area is 127 Å². The molecule has 2 aromatic carbocycles. The van der Waals surface area contributed by atoms with Crippen LogP contribution < -0.4 is 5.32 Å². The van der Waals surface area contributed by atoms with E-state index in [0.29, 0.717) is 0 Å². The maximum atomic E-state index is 12.1. The zero-order valence-corrected chi connectivity index (χ0v) is 12.8. The second-order valence-electron chi connectivity index (χ2n) is 5.02. The molecule has 21 heavy (non-hydrogen) atoms. The number of nitrogens with zero attached hydrogens (tertiary/aromatic N) is 1. The van der Waals surface area contributed by atoms with Crippen molar-refractivity contribution in [3.05, 3.63) is 59.2 Å². The Morgan fingerprint density at radius 3 is 2.67 bits per heavy atom. The number of carbonyl (C=O) groups is 1. The van der Waals surface area contributed by atoms with Crippen molar-refractivity contribution >= 4 is 32.5 Å². The summed E-state index contributed by atoms with van der Waals surface area (Å²) >= 11 is 1.58. The van der Waals surface area contributed by atoms with Gasteiger partial charge in [0.05, 0.1) is 16.8 Å². The summed E-state index contributed by atoms with van der Waals surface area (Å²) in [5.74, 6) is 0.0720. The Morgan fingerprint density at radius 2 is 1.90 bits per heavy atom. The molecule has 1 heterocycles. The van der Waals surface area contributed by atoms with Gasteiger partial charge in [0, 0.05) is 5.56 Å². The lowest BCUT2D eigenvalue weighted by atomic mass is 10.1. The number of fused-ring (bicyclic) bond motifs is 1. The lowest BCUT2D eigenvalue weighted by molar-refractivity contribution is 0.101. The Bertz CT molecular complexity index is 793. The fraction of sp³-hybridized carbons (Fsp3) is 0.176. The molecule has 0 bridgehead atoms. The lowest BCUT2D eigenvalue weighted by Crippen LogP contribution is -2.13. The normalized spacial score (nSPS) is 10.8. The lowest BCUT2D eigenvalue weighted by Gasteiger charge is -2.01. The van der Waals surface area contributed by atoms with Crippen LogP contribution in [0.5, 0.6) is 0 Å². The van der Waals surface area contributed by atoms with Crippen LogP contribution in [0.1, 0.15) is 21.5 Å². The second kappa shape index (κ2) is 5.66. The van der Waals surface area contributed by atoms with Crippen molar-refractivity contribution in [2.45, 2.75) is 13.8 Å². The van der Waals surface area contributed by atoms with Gasteiger partial charge in [0.2, 0.25) is 0 Å². The summed E-state index contributed by atoms with van der Waals surface area (Å²) in [6, 6.07) is 13.5. The predicted octanol–water partition coefficient (Wildman–Crippen LogP) is 4.21. The fourth-order valence-electron chi connectivity index (χ4n) is 2.18. The van der Waals surface area contributed by atoms with Crippen molar-refractivity contribution in [2.75, 3.05) is 11.9 Å². The molecule has 3 aromatic rings. The number of Topliss-reactive ketones (excluding diaryl/α,β-unsaturated/α-hetero) is 1. The van der Waals surface area contributed by atoms with E-state index in [2.05, 4.69) is 36.3 Å². The molecule has 0 amide bonds. The third-order valence-corrected chi connectivity index (χ3v) is 4.56. The standard InChI is InChI=1S/C17H16N2OS/c1-11-8-9-15-16(12(11)2)19-17(21-15)18-10-14(20)13-6-4-3-5-7-13/h3-9H,10H2,1-2H3,(H,18,19). The summed E-state index contributed by atoms with van der Waals surface area (Å²) in [6.07, 6.45) is 0. The van der Waals surface area contributed by atoms with Crippen molar-refractivity contribution in [1.82, 2.24) is 4.98 Å². The van der Waals surface area contributed by atoms with Gasteiger partial charge in [0.15, 0.2) is 10.9 Å². The highest BCUT2D eigenvalue weighted by Crippen LogP contribution is 2.29. The van der Waals surface area contributed by atoms with E-state index in [9.17, 15) is 4.79 Å². The maximum absolute atomic E-state index is 12.1. The Hall–Kier alpha value is -2.20. The number of thiazole rings is 1. The molecule has 4 heteroatoms. The molecule has 0 radical (unpaired) electrons. The first-order chi connectivity index (χ1) is 10.1. The molecule has 3 nitrogen and oxygen atoms in total. The third-order valence-electron chi connectivity index (χ3n) is 3.58. The van der Waals surface area contributed by atoms with Crippen LogP contribution in [0, 0.1) is 13.8 Å². The number of rotatable bonds is 4. The highest BCUT2D eigenvalue weighted by Gasteiger charge is 2.09. The van der Waals surface area contributed by atoms with Crippen LogP contribution in [0.3, 0.4) is 0 Å².